The minimum atomic E-state index is -0.350. The lowest BCUT2D eigenvalue weighted by molar-refractivity contribution is -0.140. The van der Waals surface area contributed by atoms with E-state index in [-0.39, 0.29) is 17.4 Å². The van der Waals surface area contributed by atoms with Crippen molar-refractivity contribution in [3.63, 3.8) is 0 Å². The number of nitrogens with zero attached hydrogens (tertiary/aromatic N) is 2. The molecular formula is C10H17N3O. The van der Waals surface area contributed by atoms with Gasteiger partial charge in [0, 0.05) is 25.0 Å². The molecule has 4 nitrogen and oxygen atoms in total. The van der Waals surface area contributed by atoms with E-state index in [1.165, 1.54) is 0 Å². The van der Waals surface area contributed by atoms with Crippen molar-refractivity contribution in [3.05, 3.63) is 0 Å². The van der Waals surface area contributed by atoms with Crippen LogP contribution in [-0.4, -0.2) is 36.5 Å². The van der Waals surface area contributed by atoms with Crippen LogP contribution in [0.3, 0.4) is 0 Å². The van der Waals surface area contributed by atoms with Crippen molar-refractivity contribution < 1.29 is 4.79 Å². The van der Waals surface area contributed by atoms with Crippen LogP contribution in [0, 0.1) is 16.7 Å². The minimum Gasteiger partial charge on any atom is -0.338 e. The van der Waals surface area contributed by atoms with Crippen LogP contribution < -0.4 is 5.32 Å². The van der Waals surface area contributed by atoms with Crippen LogP contribution in [0.4, 0.5) is 0 Å². The molecule has 1 unspecified atom stereocenters. The second-order valence-corrected chi connectivity index (χ2v) is 4.64. The van der Waals surface area contributed by atoms with Crippen LogP contribution in [0.15, 0.2) is 0 Å². The third-order valence-electron chi connectivity index (χ3n) is 2.26. The van der Waals surface area contributed by atoms with E-state index in [0.29, 0.717) is 19.6 Å². The SMILES string of the molecule is CC(C)(C)C(=O)N1CCNC(C#N)C1. The van der Waals surface area contributed by atoms with Crippen molar-refractivity contribution >= 4 is 5.91 Å². The molecule has 0 aromatic carbocycles. The second-order valence-electron chi connectivity index (χ2n) is 4.64. The topological polar surface area (TPSA) is 56.1 Å². The molecule has 1 saturated heterocycles. The van der Waals surface area contributed by atoms with E-state index in [1.54, 1.807) is 4.90 Å². The molecule has 0 aromatic heterocycles. The molecule has 14 heavy (non-hydrogen) atoms. The van der Waals surface area contributed by atoms with Crippen molar-refractivity contribution in [2.75, 3.05) is 19.6 Å². The van der Waals surface area contributed by atoms with E-state index in [2.05, 4.69) is 11.4 Å². The molecule has 1 aliphatic heterocycles. The Morgan fingerprint density at radius 1 is 1.57 bits per heavy atom. The van der Waals surface area contributed by atoms with Crippen molar-refractivity contribution in [2.45, 2.75) is 26.8 Å². The number of nitriles is 1. The molecule has 1 aliphatic rings. The van der Waals surface area contributed by atoms with Gasteiger partial charge in [0.2, 0.25) is 5.91 Å². The number of amides is 1. The lowest BCUT2D eigenvalue weighted by Crippen LogP contribution is -2.54. The van der Waals surface area contributed by atoms with Gasteiger partial charge in [-0.2, -0.15) is 5.26 Å². The molecule has 0 spiro atoms. The summed E-state index contributed by atoms with van der Waals surface area (Å²) in [5, 5.41) is 11.8. The second kappa shape index (κ2) is 3.97. The predicted molar refractivity (Wildman–Crippen MR) is 53.4 cm³/mol. The summed E-state index contributed by atoms with van der Waals surface area (Å²) in [6, 6.07) is 1.92. The Hall–Kier alpha value is -1.08. The summed E-state index contributed by atoms with van der Waals surface area (Å²) < 4.78 is 0. The Balaban J connectivity index is 2.62. The molecular weight excluding hydrogens is 178 g/mol. The summed E-state index contributed by atoms with van der Waals surface area (Å²) >= 11 is 0. The van der Waals surface area contributed by atoms with Crippen LogP contribution in [0.5, 0.6) is 0 Å². The third-order valence-corrected chi connectivity index (χ3v) is 2.26. The van der Waals surface area contributed by atoms with E-state index in [4.69, 9.17) is 5.26 Å². The summed E-state index contributed by atoms with van der Waals surface area (Å²) in [6.45, 7) is 7.62. The maximum atomic E-state index is 11.9. The average Bonchev–Trinajstić information content (AvgIpc) is 2.15. The number of carbonyl (C=O) groups is 1. The highest BCUT2D eigenvalue weighted by molar-refractivity contribution is 5.81. The zero-order valence-electron chi connectivity index (χ0n) is 9.00. The van der Waals surface area contributed by atoms with Gasteiger partial charge in [-0.3, -0.25) is 10.1 Å². The Morgan fingerprint density at radius 2 is 2.21 bits per heavy atom. The fraction of sp³-hybridized carbons (Fsp3) is 0.800. The molecule has 1 atom stereocenters. The van der Waals surface area contributed by atoms with Crippen molar-refractivity contribution in [2.24, 2.45) is 5.41 Å². The van der Waals surface area contributed by atoms with Gasteiger partial charge in [-0.1, -0.05) is 20.8 Å². The molecule has 4 heteroatoms. The Morgan fingerprint density at radius 3 is 2.71 bits per heavy atom. The van der Waals surface area contributed by atoms with E-state index in [0.717, 1.165) is 0 Å². The van der Waals surface area contributed by atoms with E-state index in [9.17, 15) is 4.79 Å². The molecule has 78 valence electrons. The smallest absolute Gasteiger partial charge is 0.228 e. The highest BCUT2D eigenvalue weighted by Gasteiger charge is 2.30. The van der Waals surface area contributed by atoms with Gasteiger partial charge in [0.15, 0.2) is 0 Å². The van der Waals surface area contributed by atoms with Gasteiger partial charge in [0.25, 0.3) is 0 Å². The number of hydrogen-bond donors (Lipinski definition) is 1. The van der Waals surface area contributed by atoms with Gasteiger partial charge in [-0.25, -0.2) is 0 Å². The van der Waals surface area contributed by atoms with Gasteiger partial charge < -0.3 is 4.90 Å². The standard InChI is InChI=1S/C10H17N3O/c1-10(2,3)9(14)13-5-4-12-8(6-11)7-13/h8,12H,4-5,7H2,1-3H3. The highest BCUT2D eigenvalue weighted by Crippen LogP contribution is 2.18. The summed E-state index contributed by atoms with van der Waals surface area (Å²) in [5.41, 5.74) is -0.350. The first-order chi connectivity index (χ1) is 6.45. The zero-order chi connectivity index (χ0) is 10.8. The largest absolute Gasteiger partial charge is 0.338 e. The quantitative estimate of drug-likeness (QED) is 0.607. The molecule has 0 aromatic rings. The monoisotopic (exact) mass is 195 g/mol. The Kier molecular flexibility index (Phi) is 3.12. The maximum Gasteiger partial charge on any atom is 0.228 e. The van der Waals surface area contributed by atoms with Crippen LogP contribution in [0.25, 0.3) is 0 Å². The summed E-state index contributed by atoms with van der Waals surface area (Å²) in [6.07, 6.45) is 0. The normalized spacial score (nSPS) is 23.0. The molecule has 0 aliphatic carbocycles. The summed E-state index contributed by atoms with van der Waals surface area (Å²) in [5.74, 6) is 0.124. The van der Waals surface area contributed by atoms with Crippen LogP contribution >= 0.6 is 0 Å². The molecule has 1 N–H and O–H groups in total. The average molecular weight is 195 g/mol. The van der Waals surface area contributed by atoms with Crippen LogP contribution in [0.2, 0.25) is 0 Å². The first kappa shape index (κ1) is 11.0. The van der Waals surface area contributed by atoms with Crippen molar-refractivity contribution in [1.82, 2.24) is 10.2 Å². The maximum absolute atomic E-state index is 11.9. The third kappa shape index (κ3) is 2.46. The van der Waals surface area contributed by atoms with Gasteiger partial charge in [0.05, 0.1) is 6.07 Å². The molecule has 1 heterocycles. The predicted octanol–water partition coefficient (Wildman–Crippen LogP) is 0.356. The van der Waals surface area contributed by atoms with Crippen LogP contribution in [0.1, 0.15) is 20.8 Å². The lowest BCUT2D eigenvalue weighted by Gasteiger charge is -2.34. The van der Waals surface area contributed by atoms with Crippen LogP contribution in [-0.2, 0) is 4.79 Å². The number of carbonyl (C=O) groups excluding carboxylic acids is 1. The summed E-state index contributed by atoms with van der Waals surface area (Å²) in [4.78, 5) is 13.6. The molecule has 1 rings (SSSR count). The van der Waals surface area contributed by atoms with Gasteiger partial charge >= 0.3 is 0 Å². The van der Waals surface area contributed by atoms with E-state index >= 15 is 0 Å². The zero-order valence-corrected chi connectivity index (χ0v) is 9.00. The first-order valence-corrected chi connectivity index (χ1v) is 4.87. The number of nitrogens with one attached hydrogen (secondary N) is 1. The van der Waals surface area contributed by atoms with Gasteiger partial charge in [0.1, 0.15) is 6.04 Å². The molecule has 1 fully saturated rings. The molecule has 0 saturated carbocycles. The van der Waals surface area contributed by atoms with Crippen molar-refractivity contribution in [1.29, 1.82) is 5.26 Å². The number of piperazine rings is 1. The Labute approximate surface area is 84.9 Å². The van der Waals surface area contributed by atoms with E-state index < -0.39 is 0 Å². The van der Waals surface area contributed by atoms with Gasteiger partial charge in [-0.15, -0.1) is 0 Å². The molecule has 0 radical (unpaired) electrons. The molecule has 1 amide bonds. The molecule has 0 bridgehead atoms. The first-order valence-electron chi connectivity index (χ1n) is 4.87. The van der Waals surface area contributed by atoms with Crippen molar-refractivity contribution in [3.8, 4) is 6.07 Å². The summed E-state index contributed by atoms with van der Waals surface area (Å²) in [7, 11) is 0. The lowest BCUT2D eigenvalue weighted by atomic mass is 9.94. The number of rotatable bonds is 0. The fourth-order valence-corrected chi connectivity index (χ4v) is 1.50. The minimum absolute atomic E-state index is 0.124. The fourth-order valence-electron chi connectivity index (χ4n) is 1.50. The van der Waals surface area contributed by atoms with E-state index in [1.807, 2.05) is 20.8 Å². The highest BCUT2D eigenvalue weighted by atomic mass is 16.2. The number of hydrogen-bond acceptors (Lipinski definition) is 3. The Bertz CT molecular complexity index is 262. The van der Waals surface area contributed by atoms with Gasteiger partial charge in [-0.05, 0) is 0 Å².